The van der Waals surface area contributed by atoms with Crippen LogP contribution in [-0.2, 0) is 14.3 Å². The third-order valence-corrected chi connectivity index (χ3v) is 4.68. The molecule has 1 amide bonds. The van der Waals surface area contributed by atoms with E-state index < -0.39 is 0 Å². The highest BCUT2D eigenvalue weighted by atomic mass is 127. The molecule has 0 saturated carbocycles. The van der Waals surface area contributed by atoms with Crippen LogP contribution in [0, 0.1) is 5.92 Å². The Morgan fingerprint density at radius 3 is 2.92 bits per heavy atom. The van der Waals surface area contributed by atoms with E-state index in [0.29, 0.717) is 25.6 Å². The summed E-state index contributed by atoms with van der Waals surface area (Å²) in [4.78, 5) is 18.2. The topological polar surface area (TPSA) is 89.2 Å². The zero-order chi connectivity index (χ0) is 17.9. The number of likely N-dealkylation sites (tertiary alicyclic amines) is 1. The molecule has 152 valence electrons. The van der Waals surface area contributed by atoms with E-state index in [1.165, 1.54) is 0 Å². The van der Waals surface area contributed by atoms with Crippen molar-refractivity contribution in [2.75, 3.05) is 46.0 Å². The number of guanidine groups is 1. The molecule has 2 unspecified atom stereocenters. The van der Waals surface area contributed by atoms with Crippen LogP contribution < -0.4 is 11.1 Å². The Bertz CT molecular complexity index is 431. The lowest BCUT2D eigenvalue weighted by Crippen LogP contribution is -2.47. The minimum atomic E-state index is -0.211. The zero-order valence-electron chi connectivity index (χ0n) is 16.0. The van der Waals surface area contributed by atoms with Gasteiger partial charge in [0.15, 0.2) is 5.96 Å². The fourth-order valence-corrected chi connectivity index (χ4v) is 3.48. The minimum absolute atomic E-state index is 0. The van der Waals surface area contributed by atoms with E-state index in [1.807, 2.05) is 0 Å². The number of hydrogen-bond acceptors (Lipinski definition) is 4. The van der Waals surface area contributed by atoms with Gasteiger partial charge < -0.3 is 25.4 Å². The molecule has 0 aromatic rings. The van der Waals surface area contributed by atoms with Gasteiger partial charge in [0.25, 0.3) is 0 Å². The molecule has 0 aliphatic carbocycles. The highest BCUT2D eigenvalue weighted by molar-refractivity contribution is 14.0. The Morgan fingerprint density at radius 1 is 1.38 bits per heavy atom. The Balaban J connectivity index is 0.00000338. The standard InChI is InChI=1S/C18H34N4O3.HI/c1-2-20-18(22-9-3-6-15(13-22)12-17(19)23)21-8-5-10-24-14-16-7-4-11-25-16;/h15-16H,2-14H2,1H3,(H2,19,23)(H,20,21);1H. The number of carbonyl (C=O) groups excluding carboxylic acids is 1. The molecule has 2 rings (SSSR count). The van der Waals surface area contributed by atoms with Gasteiger partial charge in [-0.15, -0.1) is 24.0 Å². The Kier molecular flexibility index (Phi) is 12.2. The summed E-state index contributed by atoms with van der Waals surface area (Å²) in [5, 5.41) is 3.36. The van der Waals surface area contributed by atoms with Gasteiger partial charge in [-0.3, -0.25) is 9.79 Å². The van der Waals surface area contributed by atoms with Crippen molar-refractivity contribution in [2.45, 2.75) is 51.6 Å². The number of nitrogens with zero attached hydrogens (tertiary/aromatic N) is 2. The molecule has 0 aromatic carbocycles. The molecule has 26 heavy (non-hydrogen) atoms. The molecule has 0 radical (unpaired) electrons. The molecule has 2 atom stereocenters. The van der Waals surface area contributed by atoms with Gasteiger partial charge >= 0.3 is 0 Å². The summed E-state index contributed by atoms with van der Waals surface area (Å²) in [5.74, 6) is 1.07. The third kappa shape index (κ3) is 8.85. The molecule has 0 spiro atoms. The largest absolute Gasteiger partial charge is 0.379 e. The van der Waals surface area contributed by atoms with Crippen molar-refractivity contribution in [3.05, 3.63) is 0 Å². The molecular formula is C18H35IN4O3. The van der Waals surface area contributed by atoms with Crippen LogP contribution in [0.2, 0.25) is 0 Å². The van der Waals surface area contributed by atoms with E-state index in [4.69, 9.17) is 20.2 Å². The van der Waals surface area contributed by atoms with Gasteiger partial charge in [0.05, 0.1) is 12.7 Å². The number of primary amides is 1. The Hall–Kier alpha value is -0.610. The summed E-state index contributed by atoms with van der Waals surface area (Å²) in [6, 6.07) is 0. The molecule has 2 fully saturated rings. The number of aliphatic imine (C=N–C) groups is 1. The number of rotatable bonds is 9. The molecule has 0 bridgehead atoms. The molecule has 3 N–H and O–H groups in total. The molecule has 2 aliphatic heterocycles. The second-order valence-corrected chi connectivity index (χ2v) is 6.92. The van der Waals surface area contributed by atoms with Crippen LogP contribution in [0.5, 0.6) is 0 Å². The molecule has 8 heteroatoms. The molecule has 2 heterocycles. The van der Waals surface area contributed by atoms with Crippen LogP contribution in [0.4, 0.5) is 0 Å². The molecular weight excluding hydrogens is 447 g/mol. The number of amides is 1. The fourth-order valence-electron chi connectivity index (χ4n) is 3.48. The number of piperidine rings is 1. The van der Waals surface area contributed by atoms with Gasteiger partial charge in [0.2, 0.25) is 5.91 Å². The predicted molar refractivity (Wildman–Crippen MR) is 114 cm³/mol. The number of hydrogen-bond donors (Lipinski definition) is 2. The fraction of sp³-hybridized carbons (Fsp3) is 0.889. The lowest BCUT2D eigenvalue weighted by molar-refractivity contribution is -0.119. The average Bonchev–Trinajstić information content (AvgIpc) is 3.10. The number of ether oxygens (including phenoxy) is 2. The first kappa shape index (κ1) is 23.4. The summed E-state index contributed by atoms with van der Waals surface area (Å²) in [6.45, 7) is 7.77. The van der Waals surface area contributed by atoms with Gasteiger partial charge in [-0.25, -0.2) is 0 Å². The Labute approximate surface area is 174 Å². The Morgan fingerprint density at radius 2 is 2.23 bits per heavy atom. The summed E-state index contributed by atoms with van der Waals surface area (Å²) in [6.07, 6.45) is 6.06. The maximum absolute atomic E-state index is 11.2. The molecule has 2 aliphatic rings. The number of carbonyl (C=O) groups is 1. The predicted octanol–water partition coefficient (Wildman–Crippen LogP) is 1.74. The number of nitrogens with two attached hydrogens (primary N) is 1. The van der Waals surface area contributed by atoms with Crippen LogP contribution in [0.25, 0.3) is 0 Å². The van der Waals surface area contributed by atoms with E-state index in [1.54, 1.807) is 0 Å². The quantitative estimate of drug-likeness (QED) is 0.226. The summed E-state index contributed by atoms with van der Waals surface area (Å²) in [7, 11) is 0. The van der Waals surface area contributed by atoms with Crippen LogP contribution in [0.3, 0.4) is 0 Å². The highest BCUT2D eigenvalue weighted by Crippen LogP contribution is 2.19. The monoisotopic (exact) mass is 482 g/mol. The second kappa shape index (κ2) is 13.5. The average molecular weight is 482 g/mol. The van der Waals surface area contributed by atoms with E-state index in [9.17, 15) is 4.79 Å². The van der Waals surface area contributed by atoms with Gasteiger partial charge in [0, 0.05) is 45.8 Å². The lowest BCUT2D eigenvalue weighted by Gasteiger charge is -2.34. The van der Waals surface area contributed by atoms with Crippen LogP contribution >= 0.6 is 24.0 Å². The zero-order valence-corrected chi connectivity index (χ0v) is 18.3. The molecule has 2 saturated heterocycles. The van der Waals surface area contributed by atoms with E-state index >= 15 is 0 Å². The van der Waals surface area contributed by atoms with E-state index in [2.05, 4.69) is 17.1 Å². The van der Waals surface area contributed by atoms with Crippen LogP contribution in [0.1, 0.15) is 45.4 Å². The van der Waals surface area contributed by atoms with Crippen LogP contribution in [-0.4, -0.2) is 68.9 Å². The minimum Gasteiger partial charge on any atom is -0.379 e. The van der Waals surface area contributed by atoms with Gasteiger partial charge in [-0.1, -0.05) is 0 Å². The van der Waals surface area contributed by atoms with Crippen molar-refractivity contribution in [1.82, 2.24) is 10.2 Å². The number of nitrogens with one attached hydrogen (secondary N) is 1. The van der Waals surface area contributed by atoms with Crippen molar-refractivity contribution in [1.29, 1.82) is 0 Å². The SMILES string of the molecule is CCNC(=NCCCOCC1CCCO1)N1CCCC(CC(N)=O)C1.I. The van der Waals surface area contributed by atoms with Crippen molar-refractivity contribution < 1.29 is 14.3 Å². The van der Waals surface area contributed by atoms with Crippen molar-refractivity contribution in [3.63, 3.8) is 0 Å². The highest BCUT2D eigenvalue weighted by Gasteiger charge is 2.23. The maximum atomic E-state index is 11.2. The first-order chi connectivity index (χ1) is 12.2. The molecule has 7 nitrogen and oxygen atoms in total. The summed E-state index contributed by atoms with van der Waals surface area (Å²) >= 11 is 0. The maximum Gasteiger partial charge on any atom is 0.217 e. The second-order valence-electron chi connectivity index (χ2n) is 6.92. The van der Waals surface area contributed by atoms with E-state index in [0.717, 1.165) is 70.8 Å². The third-order valence-electron chi connectivity index (χ3n) is 4.68. The summed E-state index contributed by atoms with van der Waals surface area (Å²) < 4.78 is 11.2. The van der Waals surface area contributed by atoms with E-state index in [-0.39, 0.29) is 36.0 Å². The van der Waals surface area contributed by atoms with Crippen LogP contribution in [0.15, 0.2) is 4.99 Å². The van der Waals surface area contributed by atoms with Crippen molar-refractivity contribution in [3.8, 4) is 0 Å². The lowest BCUT2D eigenvalue weighted by atomic mass is 9.95. The van der Waals surface area contributed by atoms with Crippen molar-refractivity contribution in [2.24, 2.45) is 16.6 Å². The van der Waals surface area contributed by atoms with Gasteiger partial charge in [0.1, 0.15) is 0 Å². The first-order valence-electron chi connectivity index (χ1n) is 9.70. The summed E-state index contributed by atoms with van der Waals surface area (Å²) in [5.41, 5.74) is 5.35. The smallest absolute Gasteiger partial charge is 0.217 e. The first-order valence-corrected chi connectivity index (χ1v) is 9.70. The number of halogens is 1. The van der Waals surface area contributed by atoms with Crippen molar-refractivity contribution >= 4 is 35.8 Å². The normalized spacial score (nSPS) is 23.6. The molecule has 0 aromatic heterocycles. The van der Waals surface area contributed by atoms with Gasteiger partial charge in [-0.2, -0.15) is 0 Å². The van der Waals surface area contributed by atoms with Gasteiger partial charge in [-0.05, 0) is 44.9 Å².